The van der Waals surface area contributed by atoms with Gasteiger partial charge in [-0.15, -0.1) is 0 Å². The highest BCUT2D eigenvalue weighted by atomic mass is 19.4. The summed E-state index contributed by atoms with van der Waals surface area (Å²) in [4.78, 5) is 0. The van der Waals surface area contributed by atoms with Gasteiger partial charge in [-0.25, -0.2) is 0 Å². The molecule has 0 fully saturated rings. The Hall–Kier alpha value is -2.55. The fraction of sp³-hybridized carbons (Fsp3) is 0.0526. The van der Waals surface area contributed by atoms with Crippen LogP contribution in [-0.2, 0) is 6.18 Å². The molecule has 4 aromatic carbocycles. The van der Waals surface area contributed by atoms with Gasteiger partial charge < -0.3 is 0 Å². The van der Waals surface area contributed by atoms with E-state index in [9.17, 15) is 13.2 Å². The number of fused-ring (bicyclic) bond motifs is 5. The molecule has 0 aromatic heterocycles. The third kappa shape index (κ3) is 1.93. The van der Waals surface area contributed by atoms with E-state index in [2.05, 4.69) is 0 Å². The van der Waals surface area contributed by atoms with E-state index in [4.69, 9.17) is 0 Å². The molecule has 0 bridgehead atoms. The van der Waals surface area contributed by atoms with E-state index in [0.717, 1.165) is 33.0 Å². The van der Waals surface area contributed by atoms with Crippen molar-refractivity contribution >= 4 is 32.3 Å². The SMILES string of the molecule is FC(F)(F)c1ccc2c(ccc3ccc4ccccc4c32)c1. The highest BCUT2D eigenvalue weighted by Crippen LogP contribution is 2.36. The quantitative estimate of drug-likeness (QED) is 0.341. The Labute approximate surface area is 124 Å². The predicted octanol–water partition coefficient (Wildman–Crippen LogP) is 6.17. The first kappa shape index (κ1) is 13.1. The van der Waals surface area contributed by atoms with Crippen molar-refractivity contribution in [2.75, 3.05) is 0 Å². The van der Waals surface area contributed by atoms with Gasteiger partial charge in [0.1, 0.15) is 0 Å². The van der Waals surface area contributed by atoms with E-state index in [0.29, 0.717) is 5.39 Å². The van der Waals surface area contributed by atoms with Crippen molar-refractivity contribution in [1.29, 1.82) is 0 Å². The summed E-state index contributed by atoms with van der Waals surface area (Å²) in [5, 5.41) is 5.64. The third-order valence-corrected chi connectivity index (χ3v) is 4.05. The van der Waals surface area contributed by atoms with Crippen LogP contribution in [0.5, 0.6) is 0 Å². The van der Waals surface area contributed by atoms with Gasteiger partial charge in [0.05, 0.1) is 5.56 Å². The van der Waals surface area contributed by atoms with E-state index < -0.39 is 11.7 Å². The smallest absolute Gasteiger partial charge is 0.166 e. The number of hydrogen-bond acceptors (Lipinski definition) is 0. The van der Waals surface area contributed by atoms with Crippen molar-refractivity contribution in [2.24, 2.45) is 0 Å². The van der Waals surface area contributed by atoms with E-state index in [1.807, 2.05) is 42.5 Å². The standard InChI is InChI=1S/C19H11F3/c20-19(21,22)15-9-10-17-14(11-15)8-7-13-6-5-12-3-1-2-4-16(12)18(13)17/h1-11H. The van der Waals surface area contributed by atoms with E-state index in [1.54, 1.807) is 12.1 Å². The van der Waals surface area contributed by atoms with Crippen LogP contribution in [0.15, 0.2) is 66.7 Å². The van der Waals surface area contributed by atoms with Crippen LogP contribution in [0.3, 0.4) is 0 Å². The fourth-order valence-electron chi connectivity index (χ4n) is 3.01. The van der Waals surface area contributed by atoms with Gasteiger partial charge >= 0.3 is 6.18 Å². The Morgan fingerprint density at radius 1 is 0.591 bits per heavy atom. The number of alkyl halides is 3. The van der Waals surface area contributed by atoms with Crippen molar-refractivity contribution in [3.63, 3.8) is 0 Å². The van der Waals surface area contributed by atoms with Gasteiger partial charge in [0.25, 0.3) is 0 Å². The molecule has 0 N–H and O–H groups in total. The molecule has 0 spiro atoms. The third-order valence-electron chi connectivity index (χ3n) is 4.05. The molecular weight excluding hydrogens is 285 g/mol. The maximum Gasteiger partial charge on any atom is 0.416 e. The first-order chi connectivity index (χ1) is 10.5. The molecule has 0 amide bonds. The largest absolute Gasteiger partial charge is 0.416 e. The first-order valence-corrected chi connectivity index (χ1v) is 6.95. The Balaban J connectivity index is 2.16. The van der Waals surface area contributed by atoms with Gasteiger partial charge in [0, 0.05) is 0 Å². The van der Waals surface area contributed by atoms with Crippen LogP contribution in [0.25, 0.3) is 32.3 Å². The fourth-order valence-corrected chi connectivity index (χ4v) is 3.01. The summed E-state index contributed by atoms with van der Waals surface area (Å²) in [6.07, 6.45) is -4.32. The molecule has 22 heavy (non-hydrogen) atoms. The van der Waals surface area contributed by atoms with E-state index >= 15 is 0 Å². The summed E-state index contributed by atoms with van der Waals surface area (Å²) < 4.78 is 38.6. The predicted molar refractivity (Wildman–Crippen MR) is 84.0 cm³/mol. The average Bonchev–Trinajstić information content (AvgIpc) is 2.52. The minimum absolute atomic E-state index is 0.610. The summed E-state index contributed by atoms with van der Waals surface area (Å²) in [6, 6.07) is 19.6. The van der Waals surface area contributed by atoms with Crippen LogP contribution in [0, 0.1) is 0 Å². The summed E-state index contributed by atoms with van der Waals surface area (Å²) in [6.45, 7) is 0. The van der Waals surface area contributed by atoms with Crippen molar-refractivity contribution in [2.45, 2.75) is 6.18 Å². The lowest BCUT2D eigenvalue weighted by molar-refractivity contribution is -0.137. The van der Waals surface area contributed by atoms with Crippen LogP contribution in [0.1, 0.15) is 5.56 Å². The van der Waals surface area contributed by atoms with Crippen molar-refractivity contribution in [3.05, 3.63) is 72.3 Å². The second kappa shape index (κ2) is 4.47. The van der Waals surface area contributed by atoms with Crippen molar-refractivity contribution in [1.82, 2.24) is 0 Å². The lowest BCUT2D eigenvalue weighted by Gasteiger charge is -2.11. The van der Waals surface area contributed by atoms with Crippen molar-refractivity contribution < 1.29 is 13.2 Å². The summed E-state index contributed by atoms with van der Waals surface area (Å²) in [7, 11) is 0. The van der Waals surface area contributed by atoms with E-state index in [1.165, 1.54) is 6.07 Å². The zero-order valence-corrected chi connectivity index (χ0v) is 11.5. The molecule has 0 heterocycles. The van der Waals surface area contributed by atoms with Crippen LogP contribution >= 0.6 is 0 Å². The number of halogens is 3. The molecule has 0 aliphatic rings. The molecule has 0 atom stereocenters. The molecule has 0 nitrogen and oxygen atoms in total. The Morgan fingerprint density at radius 2 is 1.23 bits per heavy atom. The van der Waals surface area contributed by atoms with Gasteiger partial charge in [0.15, 0.2) is 0 Å². The topological polar surface area (TPSA) is 0 Å². The molecule has 0 radical (unpaired) electrons. The highest BCUT2D eigenvalue weighted by Gasteiger charge is 2.30. The van der Waals surface area contributed by atoms with Crippen LogP contribution in [0.4, 0.5) is 13.2 Å². The maximum absolute atomic E-state index is 12.9. The monoisotopic (exact) mass is 296 g/mol. The minimum atomic E-state index is -4.32. The lowest BCUT2D eigenvalue weighted by atomic mass is 9.95. The molecule has 0 aliphatic carbocycles. The zero-order valence-electron chi connectivity index (χ0n) is 11.5. The molecule has 0 unspecified atom stereocenters. The van der Waals surface area contributed by atoms with E-state index in [-0.39, 0.29) is 0 Å². The number of benzene rings is 4. The lowest BCUT2D eigenvalue weighted by Crippen LogP contribution is -2.04. The molecular formula is C19H11F3. The zero-order chi connectivity index (χ0) is 15.3. The summed E-state index contributed by atoms with van der Waals surface area (Å²) in [5.41, 5.74) is -0.611. The number of rotatable bonds is 0. The Bertz CT molecular complexity index is 1010. The molecule has 108 valence electrons. The van der Waals surface area contributed by atoms with Crippen LogP contribution in [0.2, 0.25) is 0 Å². The first-order valence-electron chi connectivity index (χ1n) is 6.95. The molecule has 0 aliphatic heterocycles. The molecule has 4 aromatic rings. The molecule has 0 saturated heterocycles. The van der Waals surface area contributed by atoms with Crippen LogP contribution < -0.4 is 0 Å². The van der Waals surface area contributed by atoms with Crippen LogP contribution in [-0.4, -0.2) is 0 Å². The summed E-state index contributed by atoms with van der Waals surface area (Å²) in [5.74, 6) is 0. The van der Waals surface area contributed by atoms with Gasteiger partial charge in [-0.3, -0.25) is 0 Å². The van der Waals surface area contributed by atoms with Gasteiger partial charge in [0.2, 0.25) is 0 Å². The average molecular weight is 296 g/mol. The van der Waals surface area contributed by atoms with Gasteiger partial charge in [-0.05, 0) is 44.5 Å². The highest BCUT2D eigenvalue weighted by molar-refractivity contribution is 6.20. The molecule has 3 heteroatoms. The van der Waals surface area contributed by atoms with Gasteiger partial charge in [-0.1, -0.05) is 54.6 Å². The summed E-state index contributed by atoms with van der Waals surface area (Å²) >= 11 is 0. The maximum atomic E-state index is 12.9. The number of hydrogen-bond donors (Lipinski definition) is 0. The van der Waals surface area contributed by atoms with Crippen molar-refractivity contribution in [3.8, 4) is 0 Å². The molecule has 4 rings (SSSR count). The molecule has 0 saturated carbocycles. The Morgan fingerprint density at radius 3 is 2.00 bits per heavy atom. The van der Waals surface area contributed by atoms with Gasteiger partial charge in [-0.2, -0.15) is 13.2 Å². The Kier molecular flexibility index (Phi) is 2.67. The minimum Gasteiger partial charge on any atom is -0.166 e. The second-order valence-electron chi connectivity index (χ2n) is 5.38. The normalized spacial score (nSPS) is 12.3. The second-order valence-corrected chi connectivity index (χ2v) is 5.38.